The van der Waals surface area contributed by atoms with Gasteiger partial charge in [-0.15, -0.1) is 0 Å². The second-order valence-electron chi connectivity index (χ2n) is 4.03. The van der Waals surface area contributed by atoms with Crippen molar-refractivity contribution >= 4 is 0 Å². The lowest BCUT2D eigenvalue weighted by Gasteiger charge is -2.15. The predicted molar refractivity (Wildman–Crippen MR) is 64.8 cm³/mol. The summed E-state index contributed by atoms with van der Waals surface area (Å²) in [5.74, 6) is 0.556. The molecule has 1 atom stereocenters. The zero-order valence-corrected chi connectivity index (χ0v) is 10.3. The molecule has 1 unspecified atom stereocenters. The summed E-state index contributed by atoms with van der Waals surface area (Å²) in [4.78, 5) is 4.11. The molecule has 0 radical (unpaired) electrons. The highest BCUT2D eigenvalue weighted by Gasteiger charge is 2.19. The van der Waals surface area contributed by atoms with Crippen LogP contribution in [0.25, 0.3) is 0 Å². The Labute approximate surface area is 105 Å². The molecule has 0 aliphatic carbocycles. The Morgan fingerprint density at radius 2 is 2.28 bits per heavy atom. The van der Waals surface area contributed by atoms with E-state index in [1.54, 1.807) is 29.1 Å². The van der Waals surface area contributed by atoms with Crippen molar-refractivity contribution < 1.29 is 14.2 Å². The average Bonchev–Trinajstić information content (AvgIpc) is 2.74. The van der Waals surface area contributed by atoms with Gasteiger partial charge in [-0.25, -0.2) is 9.37 Å². The summed E-state index contributed by atoms with van der Waals surface area (Å²) in [6.45, 7) is 0. The van der Waals surface area contributed by atoms with Gasteiger partial charge in [0.1, 0.15) is 17.4 Å². The summed E-state index contributed by atoms with van der Waals surface area (Å²) in [5.41, 5.74) is 0.169. The Hall–Kier alpha value is -1.88. The topological polar surface area (TPSA) is 47.3 Å². The first-order valence-electron chi connectivity index (χ1n) is 5.60. The van der Waals surface area contributed by atoms with E-state index in [0.29, 0.717) is 11.6 Å². The van der Waals surface area contributed by atoms with Gasteiger partial charge in [0.15, 0.2) is 0 Å². The number of hydrogen-bond donors (Lipinski definition) is 1. The summed E-state index contributed by atoms with van der Waals surface area (Å²) in [5, 5.41) is 10.1. The van der Waals surface area contributed by atoms with Gasteiger partial charge in [0.05, 0.1) is 18.8 Å². The highest BCUT2D eigenvalue weighted by Crippen LogP contribution is 2.29. The van der Waals surface area contributed by atoms with Gasteiger partial charge < -0.3 is 14.4 Å². The minimum atomic E-state index is -0.984. The fourth-order valence-corrected chi connectivity index (χ4v) is 1.89. The number of nitrogens with zero attached hydrogens (tertiary/aromatic N) is 2. The number of rotatable bonds is 4. The Kier molecular flexibility index (Phi) is 3.62. The summed E-state index contributed by atoms with van der Waals surface area (Å²) in [6.07, 6.45) is 2.67. The molecule has 1 heterocycles. The van der Waals surface area contributed by atoms with Crippen LogP contribution in [-0.2, 0) is 13.5 Å². The molecule has 18 heavy (non-hydrogen) atoms. The van der Waals surface area contributed by atoms with E-state index >= 15 is 0 Å². The number of hydrogen-bond acceptors (Lipinski definition) is 3. The molecule has 0 aliphatic heterocycles. The average molecular weight is 250 g/mol. The van der Waals surface area contributed by atoms with Gasteiger partial charge in [0.25, 0.3) is 0 Å². The number of halogens is 1. The largest absolute Gasteiger partial charge is 0.496 e. The maximum Gasteiger partial charge on any atom is 0.132 e. The lowest BCUT2D eigenvalue weighted by molar-refractivity contribution is 0.165. The zero-order chi connectivity index (χ0) is 13.1. The first kappa shape index (κ1) is 12.6. The summed E-state index contributed by atoms with van der Waals surface area (Å²) in [6, 6.07) is 4.48. The molecule has 1 aromatic carbocycles. The Morgan fingerprint density at radius 1 is 1.50 bits per heavy atom. The lowest BCUT2D eigenvalue weighted by Crippen LogP contribution is -2.09. The molecule has 0 aliphatic rings. The van der Waals surface area contributed by atoms with E-state index in [1.807, 2.05) is 7.05 Å². The molecule has 0 fully saturated rings. The van der Waals surface area contributed by atoms with Crippen LogP contribution < -0.4 is 4.74 Å². The number of aryl methyl sites for hydroxylation is 1. The monoisotopic (exact) mass is 250 g/mol. The van der Waals surface area contributed by atoms with Crippen molar-refractivity contribution in [2.45, 2.75) is 12.5 Å². The molecular formula is C13H15FN2O2. The van der Waals surface area contributed by atoms with E-state index in [-0.39, 0.29) is 12.0 Å². The van der Waals surface area contributed by atoms with Gasteiger partial charge in [-0.05, 0) is 12.1 Å². The Balaban J connectivity index is 2.29. The van der Waals surface area contributed by atoms with Crippen LogP contribution in [-0.4, -0.2) is 21.8 Å². The minimum absolute atomic E-state index is 0.169. The third-order valence-corrected chi connectivity index (χ3v) is 2.86. The third kappa shape index (κ3) is 2.36. The SMILES string of the molecule is COc1cccc(F)c1C(O)Cc1nccn1C. The van der Waals surface area contributed by atoms with Gasteiger partial charge in [-0.2, -0.15) is 0 Å². The molecule has 0 amide bonds. The van der Waals surface area contributed by atoms with Crippen LogP contribution >= 0.6 is 0 Å². The smallest absolute Gasteiger partial charge is 0.132 e. The maximum atomic E-state index is 13.7. The standard InChI is InChI=1S/C13H15FN2O2/c1-16-7-6-15-12(16)8-10(17)13-9(14)4-3-5-11(13)18-2/h3-7,10,17H,8H2,1-2H3. The minimum Gasteiger partial charge on any atom is -0.496 e. The van der Waals surface area contributed by atoms with E-state index in [0.717, 1.165) is 0 Å². The Morgan fingerprint density at radius 3 is 2.89 bits per heavy atom. The number of aromatic nitrogens is 2. The number of aliphatic hydroxyl groups excluding tert-OH is 1. The van der Waals surface area contributed by atoms with E-state index in [2.05, 4.69) is 4.98 Å². The van der Waals surface area contributed by atoms with Gasteiger partial charge in [-0.1, -0.05) is 6.07 Å². The van der Waals surface area contributed by atoms with Gasteiger partial charge in [0, 0.05) is 25.9 Å². The van der Waals surface area contributed by atoms with Crippen molar-refractivity contribution in [2.75, 3.05) is 7.11 Å². The molecule has 0 bridgehead atoms. The van der Waals surface area contributed by atoms with Crippen LogP contribution in [0.15, 0.2) is 30.6 Å². The third-order valence-electron chi connectivity index (χ3n) is 2.86. The maximum absolute atomic E-state index is 13.7. The number of methoxy groups -OCH3 is 1. The number of ether oxygens (including phenoxy) is 1. The highest BCUT2D eigenvalue weighted by atomic mass is 19.1. The van der Waals surface area contributed by atoms with Crippen LogP contribution in [0.2, 0.25) is 0 Å². The number of imidazole rings is 1. The van der Waals surface area contributed by atoms with Crippen molar-refractivity contribution in [3.63, 3.8) is 0 Å². The van der Waals surface area contributed by atoms with Gasteiger partial charge in [-0.3, -0.25) is 0 Å². The van der Waals surface area contributed by atoms with Crippen molar-refractivity contribution in [3.05, 3.63) is 47.8 Å². The zero-order valence-electron chi connectivity index (χ0n) is 10.3. The van der Waals surface area contributed by atoms with Crippen LogP contribution in [0, 0.1) is 5.82 Å². The van der Waals surface area contributed by atoms with E-state index in [9.17, 15) is 9.50 Å². The molecule has 5 heteroatoms. The molecule has 2 aromatic rings. The van der Waals surface area contributed by atoms with Crippen molar-refractivity contribution in [2.24, 2.45) is 7.05 Å². The lowest BCUT2D eigenvalue weighted by atomic mass is 10.0. The van der Waals surface area contributed by atoms with Crippen molar-refractivity contribution in [1.29, 1.82) is 0 Å². The molecule has 96 valence electrons. The van der Waals surface area contributed by atoms with Crippen LogP contribution in [0.3, 0.4) is 0 Å². The second kappa shape index (κ2) is 5.18. The molecule has 4 nitrogen and oxygen atoms in total. The van der Waals surface area contributed by atoms with Gasteiger partial charge in [0.2, 0.25) is 0 Å². The van der Waals surface area contributed by atoms with Crippen LogP contribution in [0.1, 0.15) is 17.5 Å². The van der Waals surface area contributed by atoms with Crippen molar-refractivity contribution in [1.82, 2.24) is 9.55 Å². The number of benzene rings is 1. The predicted octanol–water partition coefficient (Wildman–Crippen LogP) is 1.84. The summed E-state index contributed by atoms with van der Waals surface area (Å²) >= 11 is 0. The second-order valence-corrected chi connectivity index (χ2v) is 4.03. The fraction of sp³-hybridized carbons (Fsp3) is 0.308. The van der Waals surface area contributed by atoms with Crippen LogP contribution in [0.5, 0.6) is 5.75 Å². The highest BCUT2D eigenvalue weighted by molar-refractivity contribution is 5.36. The van der Waals surface area contributed by atoms with E-state index in [4.69, 9.17) is 4.74 Å². The Bertz CT molecular complexity index is 540. The molecule has 0 saturated heterocycles. The molecule has 1 N–H and O–H groups in total. The normalized spacial score (nSPS) is 12.4. The summed E-state index contributed by atoms with van der Waals surface area (Å²) in [7, 11) is 3.28. The quantitative estimate of drug-likeness (QED) is 0.900. The van der Waals surface area contributed by atoms with E-state index < -0.39 is 11.9 Å². The fourth-order valence-electron chi connectivity index (χ4n) is 1.89. The number of aliphatic hydroxyl groups is 1. The van der Waals surface area contributed by atoms with E-state index in [1.165, 1.54) is 13.2 Å². The molecular weight excluding hydrogens is 235 g/mol. The first-order chi connectivity index (χ1) is 8.63. The van der Waals surface area contributed by atoms with Crippen LogP contribution in [0.4, 0.5) is 4.39 Å². The van der Waals surface area contributed by atoms with Crippen molar-refractivity contribution in [3.8, 4) is 5.75 Å². The molecule has 0 spiro atoms. The molecule has 0 saturated carbocycles. The summed E-state index contributed by atoms with van der Waals surface area (Å²) < 4.78 is 20.6. The molecule has 2 rings (SSSR count). The first-order valence-corrected chi connectivity index (χ1v) is 5.60. The molecule has 1 aromatic heterocycles. The van der Waals surface area contributed by atoms with Gasteiger partial charge >= 0.3 is 0 Å².